The lowest BCUT2D eigenvalue weighted by Gasteiger charge is -2.03. The van der Waals surface area contributed by atoms with Crippen LogP contribution in [0.4, 0.5) is 10.8 Å². The first kappa shape index (κ1) is 13.6. The first-order valence-electron chi connectivity index (χ1n) is 6.53. The summed E-state index contributed by atoms with van der Waals surface area (Å²) < 4.78 is 5.53. The van der Waals surface area contributed by atoms with Crippen molar-refractivity contribution < 1.29 is 9.21 Å². The largest absolute Gasteiger partial charge is 0.441 e. The third-order valence-electron chi connectivity index (χ3n) is 2.93. The Morgan fingerprint density at radius 1 is 1.43 bits per heavy atom. The van der Waals surface area contributed by atoms with Crippen LogP contribution in [-0.4, -0.2) is 15.9 Å². The number of hydrogen-bond donors (Lipinski definition) is 2. The zero-order valence-corrected chi connectivity index (χ0v) is 12.2. The van der Waals surface area contributed by atoms with E-state index in [-0.39, 0.29) is 12.3 Å². The molecule has 0 saturated carbocycles. The van der Waals surface area contributed by atoms with Crippen LogP contribution in [0.25, 0.3) is 11.1 Å². The van der Waals surface area contributed by atoms with Crippen molar-refractivity contribution >= 4 is 39.2 Å². The number of fused-ring (bicyclic) bond motifs is 1. The van der Waals surface area contributed by atoms with Crippen molar-refractivity contribution in [3.05, 3.63) is 35.2 Å². The van der Waals surface area contributed by atoms with Crippen LogP contribution in [0.3, 0.4) is 0 Å². The first-order chi connectivity index (χ1) is 10.1. The molecule has 0 saturated heterocycles. The zero-order valence-electron chi connectivity index (χ0n) is 11.4. The molecule has 0 fully saturated rings. The van der Waals surface area contributed by atoms with Gasteiger partial charge < -0.3 is 15.5 Å². The molecule has 3 N–H and O–H groups in total. The number of benzene rings is 1. The number of carbonyl (C=O) groups is 1. The smallest absolute Gasteiger partial charge is 0.230 e. The molecule has 0 radical (unpaired) electrons. The lowest BCUT2D eigenvalue weighted by molar-refractivity contribution is -0.115. The highest BCUT2D eigenvalue weighted by Gasteiger charge is 2.09. The Labute approximate surface area is 125 Å². The van der Waals surface area contributed by atoms with Crippen molar-refractivity contribution in [3.8, 4) is 0 Å². The normalized spacial score (nSPS) is 10.9. The monoisotopic (exact) mass is 302 g/mol. The van der Waals surface area contributed by atoms with Gasteiger partial charge in [0.25, 0.3) is 0 Å². The minimum absolute atomic E-state index is 0.140. The predicted molar refractivity (Wildman–Crippen MR) is 82.2 cm³/mol. The molecule has 0 aliphatic rings. The zero-order chi connectivity index (χ0) is 14.8. The molecule has 108 valence electrons. The van der Waals surface area contributed by atoms with E-state index in [0.29, 0.717) is 22.4 Å². The molecular weight excluding hydrogens is 288 g/mol. The van der Waals surface area contributed by atoms with E-state index < -0.39 is 0 Å². The van der Waals surface area contributed by atoms with Crippen LogP contribution in [-0.2, 0) is 17.6 Å². The molecule has 7 heteroatoms. The highest BCUT2D eigenvalue weighted by molar-refractivity contribution is 7.13. The van der Waals surface area contributed by atoms with Crippen LogP contribution in [0.2, 0.25) is 0 Å². The molecule has 3 aromatic rings. The van der Waals surface area contributed by atoms with Crippen molar-refractivity contribution in [3.63, 3.8) is 0 Å². The summed E-state index contributed by atoms with van der Waals surface area (Å²) in [6, 6.07) is 5.39. The molecule has 21 heavy (non-hydrogen) atoms. The van der Waals surface area contributed by atoms with Gasteiger partial charge in [-0.15, -0.1) is 11.3 Å². The fourth-order valence-electron chi connectivity index (χ4n) is 1.98. The Hall–Kier alpha value is -2.41. The van der Waals surface area contributed by atoms with Crippen LogP contribution in [0.15, 0.2) is 28.0 Å². The number of nitrogens with zero attached hydrogens (tertiary/aromatic N) is 2. The Kier molecular flexibility index (Phi) is 3.57. The van der Waals surface area contributed by atoms with Crippen molar-refractivity contribution in [2.75, 3.05) is 11.1 Å². The average molecular weight is 302 g/mol. The summed E-state index contributed by atoms with van der Waals surface area (Å²) in [5.41, 5.74) is 8.36. The van der Waals surface area contributed by atoms with E-state index in [1.807, 2.05) is 6.92 Å². The fourth-order valence-corrected chi connectivity index (χ4v) is 2.54. The van der Waals surface area contributed by atoms with Gasteiger partial charge in [-0.3, -0.25) is 4.79 Å². The summed E-state index contributed by atoms with van der Waals surface area (Å²) in [5.74, 6) is 0.547. The Balaban J connectivity index is 1.73. The van der Waals surface area contributed by atoms with E-state index in [9.17, 15) is 4.79 Å². The Morgan fingerprint density at radius 3 is 3.00 bits per heavy atom. The number of nitrogens with one attached hydrogen (secondary N) is 1. The number of nitrogen functional groups attached to an aromatic ring is 1. The standard InChI is InChI=1S/C14H14N4O2S/c1-2-13-18-10-5-8(3-4-11(10)20-13)16-12(19)6-9-7-21-14(15)17-9/h3-5,7H,2,6H2,1H3,(H2,15,17)(H,16,19). The van der Waals surface area contributed by atoms with E-state index in [4.69, 9.17) is 10.2 Å². The van der Waals surface area contributed by atoms with Crippen molar-refractivity contribution in [1.29, 1.82) is 0 Å². The predicted octanol–water partition coefficient (Wildman–Crippen LogP) is 2.61. The van der Waals surface area contributed by atoms with Crippen molar-refractivity contribution in [2.24, 2.45) is 0 Å². The quantitative estimate of drug-likeness (QED) is 0.772. The number of rotatable bonds is 4. The molecule has 1 amide bonds. The number of aryl methyl sites for hydroxylation is 1. The maximum Gasteiger partial charge on any atom is 0.230 e. The van der Waals surface area contributed by atoms with Crippen LogP contribution in [0, 0.1) is 0 Å². The minimum atomic E-state index is -0.140. The van der Waals surface area contributed by atoms with Crippen molar-refractivity contribution in [2.45, 2.75) is 19.8 Å². The lowest BCUT2D eigenvalue weighted by atomic mass is 10.2. The summed E-state index contributed by atoms with van der Waals surface area (Å²) in [5, 5.41) is 5.07. The number of amides is 1. The van der Waals surface area contributed by atoms with Gasteiger partial charge in [0.2, 0.25) is 5.91 Å². The van der Waals surface area contributed by atoms with E-state index in [1.54, 1.807) is 23.6 Å². The summed E-state index contributed by atoms with van der Waals surface area (Å²) >= 11 is 1.32. The molecule has 0 spiro atoms. The van der Waals surface area contributed by atoms with Gasteiger partial charge in [0.05, 0.1) is 12.1 Å². The number of oxazole rings is 1. The van der Waals surface area contributed by atoms with Gasteiger partial charge in [-0.05, 0) is 18.2 Å². The molecule has 0 unspecified atom stereocenters. The van der Waals surface area contributed by atoms with E-state index in [0.717, 1.165) is 17.5 Å². The molecule has 0 atom stereocenters. The molecule has 6 nitrogen and oxygen atoms in total. The number of carbonyl (C=O) groups excluding carboxylic acids is 1. The Bertz CT molecular complexity index is 793. The average Bonchev–Trinajstić information content (AvgIpc) is 3.04. The summed E-state index contributed by atoms with van der Waals surface area (Å²) in [6.45, 7) is 1.98. The maximum atomic E-state index is 12.0. The molecular formula is C14H14N4O2S. The van der Waals surface area contributed by atoms with Gasteiger partial charge in [-0.2, -0.15) is 0 Å². The van der Waals surface area contributed by atoms with Gasteiger partial charge in [-0.1, -0.05) is 6.92 Å². The summed E-state index contributed by atoms with van der Waals surface area (Å²) in [4.78, 5) is 20.4. The van der Waals surface area contributed by atoms with E-state index >= 15 is 0 Å². The van der Waals surface area contributed by atoms with Crippen LogP contribution in [0.5, 0.6) is 0 Å². The highest BCUT2D eigenvalue weighted by atomic mass is 32.1. The molecule has 1 aromatic carbocycles. The molecule has 2 heterocycles. The molecule has 0 bridgehead atoms. The van der Waals surface area contributed by atoms with Gasteiger partial charge in [0.1, 0.15) is 5.52 Å². The molecule has 3 rings (SSSR count). The number of aromatic nitrogens is 2. The number of thiazole rings is 1. The van der Waals surface area contributed by atoms with Crippen LogP contribution < -0.4 is 11.1 Å². The van der Waals surface area contributed by atoms with Gasteiger partial charge >= 0.3 is 0 Å². The second kappa shape index (κ2) is 5.53. The fraction of sp³-hybridized carbons (Fsp3) is 0.214. The second-order valence-electron chi connectivity index (χ2n) is 4.55. The summed E-state index contributed by atoms with van der Waals surface area (Å²) in [7, 11) is 0. The maximum absolute atomic E-state index is 12.0. The third kappa shape index (κ3) is 3.03. The molecule has 0 aliphatic carbocycles. The molecule has 0 aliphatic heterocycles. The summed E-state index contributed by atoms with van der Waals surface area (Å²) in [6.07, 6.45) is 0.937. The van der Waals surface area contributed by atoms with Crippen molar-refractivity contribution in [1.82, 2.24) is 9.97 Å². The number of nitrogens with two attached hydrogens (primary N) is 1. The van der Waals surface area contributed by atoms with Gasteiger partial charge in [0, 0.05) is 17.5 Å². The highest BCUT2D eigenvalue weighted by Crippen LogP contribution is 2.20. The van der Waals surface area contributed by atoms with Crippen LogP contribution >= 0.6 is 11.3 Å². The number of anilines is 2. The second-order valence-corrected chi connectivity index (χ2v) is 5.44. The Morgan fingerprint density at radius 2 is 2.29 bits per heavy atom. The molecule has 2 aromatic heterocycles. The van der Waals surface area contributed by atoms with Gasteiger partial charge in [0.15, 0.2) is 16.6 Å². The van der Waals surface area contributed by atoms with E-state index in [2.05, 4.69) is 15.3 Å². The lowest BCUT2D eigenvalue weighted by Crippen LogP contribution is -2.14. The minimum Gasteiger partial charge on any atom is -0.441 e. The topological polar surface area (TPSA) is 94.0 Å². The van der Waals surface area contributed by atoms with Gasteiger partial charge in [-0.25, -0.2) is 9.97 Å². The van der Waals surface area contributed by atoms with Crippen LogP contribution in [0.1, 0.15) is 18.5 Å². The number of hydrogen-bond acceptors (Lipinski definition) is 6. The SMILES string of the molecule is CCc1nc2cc(NC(=O)Cc3csc(N)n3)ccc2o1. The first-order valence-corrected chi connectivity index (χ1v) is 7.41. The third-order valence-corrected chi connectivity index (χ3v) is 3.65. The van der Waals surface area contributed by atoms with E-state index in [1.165, 1.54) is 11.3 Å².